The fraction of sp³-hybridized carbons (Fsp3) is 0.353. The minimum atomic E-state index is -1.21. The van der Waals surface area contributed by atoms with Crippen LogP contribution in [0.3, 0.4) is 0 Å². The maximum absolute atomic E-state index is 13.9. The normalized spacial score (nSPS) is 15.0. The van der Waals surface area contributed by atoms with Gasteiger partial charge in [-0.05, 0) is 48.4 Å². The van der Waals surface area contributed by atoms with Crippen molar-refractivity contribution in [3.63, 3.8) is 0 Å². The number of ether oxygens (including phenoxy) is 3. The number of para-hydroxylation sites is 2. The third-order valence-electron chi connectivity index (χ3n) is 8.17. The number of rotatable bonds is 12. The average molecular weight is 600 g/mol. The van der Waals surface area contributed by atoms with E-state index < -0.39 is 5.54 Å². The molecule has 3 N–H and O–H groups in total. The van der Waals surface area contributed by atoms with E-state index >= 15 is 0 Å². The van der Waals surface area contributed by atoms with E-state index in [0.717, 1.165) is 48.2 Å². The Labute approximate surface area is 258 Å². The Morgan fingerprint density at radius 2 is 1.55 bits per heavy atom. The van der Waals surface area contributed by atoms with Gasteiger partial charge >= 0.3 is 0 Å². The lowest BCUT2D eigenvalue weighted by atomic mass is 9.91. The lowest BCUT2D eigenvalue weighted by molar-refractivity contribution is -0.133. The number of carbonyl (C=O) groups is 2. The second kappa shape index (κ2) is 13.7. The minimum absolute atomic E-state index is 0.191. The van der Waals surface area contributed by atoms with E-state index in [2.05, 4.69) is 37.6 Å². The van der Waals surface area contributed by atoms with Gasteiger partial charge in [-0.3, -0.25) is 14.5 Å². The van der Waals surface area contributed by atoms with Gasteiger partial charge in [0, 0.05) is 61.9 Å². The van der Waals surface area contributed by atoms with Crippen molar-refractivity contribution in [2.24, 2.45) is 0 Å². The van der Waals surface area contributed by atoms with Crippen molar-refractivity contribution in [3.05, 3.63) is 84.1 Å². The van der Waals surface area contributed by atoms with Gasteiger partial charge in [-0.15, -0.1) is 0 Å². The zero-order chi connectivity index (χ0) is 31.1. The molecule has 1 unspecified atom stereocenters. The molecule has 0 aliphatic carbocycles. The van der Waals surface area contributed by atoms with Crippen molar-refractivity contribution in [1.29, 1.82) is 0 Å². The summed E-state index contributed by atoms with van der Waals surface area (Å²) in [6, 6.07) is 21.8. The van der Waals surface area contributed by atoms with Crippen LogP contribution in [0.1, 0.15) is 18.1 Å². The van der Waals surface area contributed by atoms with E-state index in [0.29, 0.717) is 23.7 Å². The Morgan fingerprint density at radius 3 is 2.20 bits per heavy atom. The molecule has 0 bridgehead atoms. The number of piperazine rings is 1. The molecular weight excluding hydrogens is 558 g/mol. The summed E-state index contributed by atoms with van der Waals surface area (Å²) < 4.78 is 16.4. The molecule has 44 heavy (non-hydrogen) atoms. The molecule has 1 fully saturated rings. The fourth-order valence-electron chi connectivity index (χ4n) is 5.81. The zero-order valence-electron chi connectivity index (χ0n) is 25.8. The Balaban J connectivity index is 1.30. The first-order valence-corrected chi connectivity index (χ1v) is 14.8. The summed E-state index contributed by atoms with van der Waals surface area (Å²) in [6.45, 7) is 5.38. The first kappa shape index (κ1) is 30.7. The lowest BCUT2D eigenvalue weighted by Crippen LogP contribution is -2.60. The third-order valence-corrected chi connectivity index (χ3v) is 8.17. The monoisotopic (exact) mass is 599 g/mol. The van der Waals surface area contributed by atoms with Crippen molar-refractivity contribution in [2.45, 2.75) is 25.4 Å². The summed E-state index contributed by atoms with van der Waals surface area (Å²) in [5.41, 5.74) is 2.67. The molecule has 0 radical (unpaired) electrons. The van der Waals surface area contributed by atoms with Crippen LogP contribution >= 0.6 is 0 Å². The van der Waals surface area contributed by atoms with E-state index in [-0.39, 0.29) is 24.9 Å². The number of amides is 2. The summed E-state index contributed by atoms with van der Waals surface area (Å²) >= 11 is 0. The van der Waals surface area contributed by atoms with Crippen LogP contribution in [0.2, 0.25) is 0 Å². The number of fused-ring (bicyclic) bond motifs is 1. The molecule has 2 heterocycles. The Hall–Kier alpha value is -4.70. The average Bonchev–Trinajstić information content (AvgIpc) is 3.45. The second-order valence-corrected chi connectivity index (χ2v) is 11.2. The molecule has 1 saturated heterocycles. The first-order chi connectivity index (χ1) is 21.3. The molecule has 0 saturated carbocycles. The predicted octanol–water partition coefficient (Wildman–Crippen LogP) is 3.75. The predicted molar refractivity (Wildman–Crippen MR) is 172 cm³/mol. The van der Waals surface area contributed by atoms with Crippen LogP contribution in [-0.4, -0.2) is 81.3 Å². The highest BCUT2D eigenvalue weighted by Gasteiger charge is 2.36. The van der Waals surface area contributed by atoms with Crippen LogP contribution in [0.15, 0.2) is 72.9 Å². The Bertz CT molecular complexity index is 1560. The standard InChI is InChI=1S/C34H41N5O5/c1-34(20-25-22-35-28-13-9-8-12-27(25)28,33(41)36-21-24-18-29(42-2)32(44-4)30(19-24)43-3)37-31(40)23-38-14-16-39(17-15-38)26-10-6-5-7-11-26/h5-13,18-19,22,35H,14-17,20-21,23H2,1-4H3,(H,36,41)(H,37,40). The van der Waals surface area contributed by atoms with E-state index in [4.69, 9.17) is 14.2 Å². The number of anilines is 1. The highest BCUT2D eigenvalue weighted by atomic mass is 16.5. The summed E-state index contributed by atoms with van der Waals surface area (Å²) in [5.74, 6) is 0.991. The molecule has 232 valence electrons. The molecule has 3 aromatic carbocycles. The van der Waals surface area contributed by atoms with E-state index in [9.17, 15) is 9.59 Å². The molecule has 1 aromatic heterocycles. The molecule has 0 spiro atoms. The summed E-state index contributed by atoms with van der Waals surface area (Å²) in [5, 5.41) is 7.15. The molecular formula is C34H41N5O5. The third kappa shape index (κ3) is 6.92. The summed E-state index contributed by atoms with van der Waals surface area (Å²) in [4.78, 5) is 35.1. The zero-order valence-corrected chi connectivity index (χ0v) is 25.8. The number of nitrogens with one attached hydrogen (secondary N) is 3. The molecule has 1 aliphatic heterocycles. The smallest absolute Gasteiger partial charge is 0.246 e. The molecule has 1 atom stereocenters. The van der Waals surface area contributed by atoms with Gasteiger partial charge in [-0.1, -0.05) is 36.4 Å². The van der Waals surface area contributed by atoms with Gasteiger partial charge in [0.1, 0.15) is 5.54 Å². The van der Waals surface area contributed by atoms with Gasteiger partial charge in [0.2, 0.25) is 17.6 Å². The number of hydrogen-bond acceptors (Lipinski definition) is 7. The number of H-pyrrole nitrogens is 1. The van der Waals surface area contributed by atoms with Crippen LogP contribution in [0.25, 0.3) is 10.9 Å². The largest absolute Gasteiger partial charge is 0.493 e. The molecule has 4 aromatic rings. The second-order valence-electron chi connectivity index (χ2n) is 11.2. The van der Waals surface area contributed by atoms with Crippen LogP contribution < -0.4 is 29.7 Å². The number of nitrogens with zero attached hydrogens (tertiary/aromatic N) is 2. The maximum Gasteiger partial charge on any atom is 0.246 e. The van der Waals surface area contributed by atoms with Crippen LogP contribution in [0.4, 0.5) is 5.69 Å². The number of methoxy groups -OCH3 is 3. The minimum Gasteiger partial charge on any atom is -0.493 e. The van der Waals surface area contributed by atoms with Gasteiger partial charge in [0.15, 0.2) is 11.5 Å². The Morgan fingerprint density at radius 1 is 0.886 bits per heavy atom. The van der Waals surface area contributed by atoms with E-state index in [1.807, 2.05) is 48.7 Å². The molecule has 2 amide bonds. The van der Waals surface area contributed by atoms with Crippen molar-refractivity contribution in [3.8, 4) is 17.2 Å². The topological polar surface area (TPSA) is 108 Å². The number of hydrogen-bond donors (Lipinski definition) is 3. The highest BCUT2D eigenvalue weighted by molar-refractivity contribution is 5.93. The van der Waals surface area contributed by atoms with Crippen LogP contribution in [0.5, 0.6) is 17.2 Å². The van der Waals surface area contributed by atoms with Crippen LogP contribution in [0, 0.1) is 0 Å². The quantitative estimate of drug-likeness (QED) is 0.228. The number of benzene rings is 3. The SMILES string of the molecule is COc1cc(CNC(=O)C(C)(Cc2c[nH]c3ccccc23)NC(=O)CN2CCN(c3ccccc3)CC2)cc(OC)c1OC. The molecule has 10 heteroatoms. The summed E-state index contributed by atoms with van der Waals surface area (Å²) in [6.07, 6.45) is 2.22. The first-order valence-electron chi connectivity index (χ1n) is 14.8. The van der Waals surface area contributed by atoms with Crippen molar-refractivity contribution < 1.29 is 23.8 Å². The molecule has 1 aliphatic rings. The number of aromatic amines is 1. The van der Waals surface area contributed by atoms with Crippen molar-refractivity contribution >= 4 is 28.4 Å². The van der Waals surface area contributed by atoms with Gasteiger partial charge in [0.05, 0.1) is 27.9 Å². The van der Waals surface area contributed by atoms with Gasteiger partial charge in [-0.25, -0.2) is 0 Å². The van der Waals surface area contributed by atoms with Gasteiger partial charge in [-0.2, -0.15) is 0 Å². The van der Waals surface area contributed by atoms with Gasteiger partial charge < -0.3 is 34.7 Å². The number of carbonyl (C=O) groups excluding carboxylic acids is 2. The van der Waals surface area contributed by atoms with Crippen molar-refractivity contribution in [2.75, 3.05) is 59.0 Å². The Kier molecular flexibility index (Phi) is 9.59. The summed E-state index contributed by atoms with van der Waals surface area (Å²) in [7, 11) is 4.65. The maximum atomic E-state index is 13.9. The fourth-order valence-corrected chi connectivity index (χ4v) is 5.81. The lowest BCUT2D eigenvalue weighted by Gasteiger charge is -2.36. The van der Waals surface area contributed by atoms with Crippen molar-refractivity contribution in [1.82, 2.24) is 20.5 Å². The van der Waals surface area contributed by atoms with Gasteiger partial charge in [0.25, 0.3) is 0 Å². The van der Waals surface area contributed by atoms with Crippen LogP contribution in [-0.2, 0) is 22.6 Å². The molecule has 10 nitrogen and oxygen atoms in total. The molecule has 5 rings (SSSR count). The van der Waals surface area contributed by atoms with E-state index in [1.54, 1.807) is 40.4 Å². The highest BCUT2D eigenvalue weighted by Crippen LogP contribution is 2.38. The van der Waals surface area contributed by atoms with E-state index in [1.165, 1.54) is 5.69 Å². The number of aromatic nitrogens is 1.